The maximum absolute atomic E-state index is 12.1. The summed E-state index contributed by atoms with van der Waals surface area (Å²) in [4.78, 5) is 16.4. The number of hydrogen-bond acceptors (Lipinski definition) is 4. The van der Waals surface area contributed by atoms with Gasteiger partial charge in [0.1, 0.15) is 0 Å². The summed E-state index contributed by atoms with van der Waals surface area (Å²) in [5, 5.41) is 6.99. The van der Waals surface area contributed by atoms with Crippen LogP contribution in [-0.2, 0) is 11.2 Å². The molecule has 0 aliphatic rings. The average Bonchev–Trinajstić information content (AvgIpc) is 3.12. The Labute approximate surface area is 147 Å². The third-order valence-corrected chi connectivity index (χ3v) is 3.97. The van der Waals surface area contributed by atoms with Gasteiger partial charge < -0.3 is 9.84 Å². The van der Waals surface area contributed by atoms with Crippen LogP contribution < -0.4 is 5.32 Å². The summed E-state index contributed by atoms with van der Waals surface area (Å²) in [7, 11) is 0. The second kappa shape index (κ2) is 8.24. The van der Waals surface area contributed by atoms with Gasteiger partial charge in [-0.1, -0.05) is 65.8 Å². The molecule has 3 aromatic rings. The number of benzene rings is 2. The van der Waals surface area contributed by atoms with Crippen molar-refractivity contribution in [1.82, 2.24) is 15.5 Å². The van der Waals surface area contributed by atoms with Crippen molar-refractivity contribution in [3.63, 3.8) is 0 Å². The molecule has 5 heteroatoms. The first-order valence-corrected chi connectivity index (χ1v) is 8.44. The molecule has 128 valence electrons. The third kappa shape index (κ3) is 4.76. The molecule has 0 spiro atoms. The number of rotatable bonds is 7. The first-order valence-electron chi connectivity index (χ1n) is 8.44. The molecule has 0 aliphatic heterocycles. The monoisotopic (exact) mass is 335 g/mol. The van der Waals surface area contributed by atoms with E-state index in [0.717, 1.165) is 11.1 Å². The number of hydrogen-bond donors (Lipinski definition) is 1. The number of aromatic nitrogens is 2. The van der Waals surface area contributed by atoms with Gasteiger partial charge in [-0.2, -0.15) is 4.98 Å². The topological polar surface area (TPSA) is 68.0 Å². The van der Waals surface area contributed by atoms with Crippen LogP contribution in [0.15, 0.2) is 65.2 Å². The van der Waals surface area contributed by atoms with E-state index in [1.54, 1.807) is 0 Å². The molecule has 1 amide bonds. The van der Waals surface area contributed by atoms with E-state index in [9.17, 15) is 4.79 Å². The van der Waals surface area contributed by atoms with Crippen molar-refractivity contribution in [2.45, 2.75) is 32.2 Å². The number of carbonyl (C=O) groups excluding carboxylic acids is 1. The van der Waals surface area contributed by atoms with Crippen molar-refractivity contribution in [2.24, 2.45) is 0 Å². The van der Waals surface area contributed by atoms with Crippen LogP contribution in [0.4, 0.5) is 0 Å². The Morgan fingerprint density at radius 2 is 1.76 bits per heavy atom. The van der Waals surface area contributed by atoms with Gasteiger partial charge in [0.15, 0.2) is 0 Å². The predicted octanol–water partition coefficient (Wildman–Crippen LogP) is 3.94. The fourth-order valence-corrected chi connectivity index (χ4v) is 2.60. The van der Waals surface area contributed by atoms with E-state index in [4.69, 9.17) is 4.52 Å². The lowest BCUT2D eigenvalue weighted by Crippen LogP contribution is -2.26. The number of amides is 1. The van der Waals surface area contributed by atoms with Crippen LogP contribution >= 0.6 is 0 Å². The van der Waals surface area contributed by atoms with Crippen molar-refractivity contribution in [2.75, 3.05) is 0 Å². The molecule has 3 rings (SSSR count). The highest BCUT2D eigenvalue weighted by molar-refractivity contribution is 5.76. The predicted molar refractivity (Wildman–Crippen MR) is 95.7 cm³/mol. The minimum absolute atomic E-state index is 0.00166. The smallest absolute Gasteiger partial charge is 0.226 e. The minimum Gasteiger partial charge on any atom is -0.350 e. The lowest BCUT2D eigenvalue weighted by Gasteiger charge is -2.13. The van der Waals surface area contributed by atoms with Crippen LogP contribution in [0.1, 0.15) is 37.3 Å². The summed E-state index contributed by atoms with van der Waals surface area (Å²) in [5.41, 5.74) is 2.02. The molecule has 0 saturated heterocycles. The van der Waals surface area contributed by atoms with Crippen LogP contribution in [0.25, 0.3) is 11.4 Å². The van der Waals surface area contributed by atoms with Crippen LogP contribution in [-0.4, -0.2) is 16.0 Å². The number of nitrogens with one attached hydrogen (secondary N) is 1. The molecule has 0 unspecified atom stereocenters. The van der Waals surface area contributed by atoms with E-state index in [0.29, 0.717) is 31.0 Å². The Morgan fingerprint density at radius 3 is 2.48 bits per heavy atom. The van der Waals surface area contributed by atoms with E-state index < -0.39 is 0 Å². The lowest BCUT2D eigenvalue weighted by molar-refractivity contribution is -0.121. The maximum Gasteiger partial charge on any atom is 0.226 e. The zero-order valence-corrected chi connectivity index (χ0v) is 14.2. The maximum atomic E-state index is 12.1. The molecule has 1 atom stereocenters. The largest absolute Gasteiger partial charge is 0.350 e. The van der Waals surface area contributed by atoms with Gasteiger partial charge in [-0.05, 0) is 18.9 Å². The van der Waals surface area contributed by atoms with Crippen molar-refractivity contribution in [3.05, 3.63) is 72.1 Å². The number of carbonyl (C=O) groups is 1. The van der Waals surface area contributed by atoms with E-state index in [1.807, 2.05) is 67.6 Å². The van der Waals surface area contributed by atoms with Gasteiger partial charge in [0, 0.05) is 18.4 Å². The summed E-state index contributed by atoms with van der Waals surface area (Å²) >= 11 is 0. The van der Waals surface area contributed by atoms with E-state index in [-0.39, 0.29) is 11.9 Å². The Balaban J connectivity index is 1.45. The third-order valence-electron chi connectivity index (χ3n) is 3.97. The van der Waals surface area contributed by atoms with Gasteiger partial charge in [-0.3, -0.25) is 4.79 Å². The summed E-state index contributed by atoms with van der Waals surface area (Å²) in [6.07, 6.45) is 1.69. The van der Waals surface area contributed by atoms with Crippen LogP contribution in [0, 0.1) is 0 Å². The molecule has 25 heavy (non-hydrogen) atoms. The standard InChI is InChI=1S/C20H21N3O2/c1-15(16-9-4-2-5-10-16)21-18(24)13-8-14-19-22-20(23-25-19)17-11-6-3-7-12-17/h2-7,9-12,15H,8,13-14H2,1H3,(H,21,24)/t15-/m1/s1. The Bertz CT molecular complexity index is 800. The fraction of sp³-hybridized carbons (Fsp3) is 0.250. The van der Waals surface area contributed by atoms with Gasteiger partial charge in [0.25, 0.3) is 0 Å². The van der Waals surface area contributed by atoms with Crippen molar-refractivity contribution in [1.29, 1.82) is 0 Å². The Hall–Kier alpha value is -2.95. The van der Waals surface area contributed by atoms with Crippen LogP contribution in [0.2, 0.25) is 0 Å². The van der Waals surface area contributed by atoms with E-state index in [1.165, 1.54) is 0 Å². The molecule has 1 N–H and O–H groups in total. The second-order valence-corrected chi connectivity index (χ2v) is 5.93. The second-order valence-electron chi connectivity index (χ2n) is 5.93. The molecule has 0 saturated carbocycles. The number of aryl methyl sites for hydroxylation is 1. The molecule has 1 heterocycles. The molecule has 0 aliphatic carbocycles. The van der Waals surface area contributed by atoms with Gasteiger partial charge in [-0.25, -0.2) is 0 Å². The lowest BCUT2D eigenvalue weighted by atomic mass is 10.1. The normalized spacial score (nSPS) is 11.9. The highest BCUT2D eigenvalue weighted by Gasteiger charge is 2.11. The van der Waals surface area contributed by atoms with Gasteiger partial charge in [0.2, 0.25) is 17.6 Å². The quantitative estimate of drug-likeness (QED) is 0.710. The SMILES string of the molecule is C[C@@H](NC(=O)CCCc1nc(-c2ccccc2)no1)c1ccccc1. The fourth-order valence-electron chi connectivity index (χ4n) is 2.60. The molecule has 0 fully saturated rings. The molecule has 0 bridgehead atoms. The molecule has 0 radical (unpaired) electrons. The van der Waals surface area contributed by atoms with Gasteiger partial charge in [-0.15, -0.1) is 0 Å². The zero-order valence-electron chi connectivity index (χ0n) is 14.2. The van der Waals surface area contributed by atoms with Gasteiger partial charge in [0.05, 0.1) is 6.04 Å². The van der Waals surface area contributed by atoms with Gasteiger partial charge >= 0.3 is 0 Å². The molecule has 2 aromatic carbocycles. The van der Waals surface area contributed by atoms with E-state index in [2.05, 4.69) is 15.5 Å². The Kier molecular flexibility index (Phi) is 5.57. The van der Waals surface area contributed by atoms with Crippen molar-refractivity contribution < 1.29 is 9.32 Å². The molecular weight excluding hydrogens is 314 g/mol. The molecule has 1 aromatic heterocycles. The van der Waals surface area contributed by atoms with Crippen molar-refractivity contribution >= 4 is 5.91 Å². The molecular formula is C20H21N3O2. The summed E-state index contributed by atoms with van der Waals surface area (Å²) in [6.45, 7) is 1.98. The summed E-state index contributed by atoms with van der Waals surface area (Å²) in [6, 6.07) is 19.6. The Morgan fingerprint density at radius 1 is 1.08 bits per heavy atom. The summed E-state index contributed by atoms with van der Waals surface area (Å²) < 4.78 is 5.26. The van der Waals surface area contributed by atoms with E-state index >= 15 is 0 Å². The average molecular weight is 335 g/mol. The first kappa shape index (κ1) is 16.9. The van der Waals surface area contributed by atoms with Crippen LogP contribution in [0.5, 0.6) is 0 Å². The highest BCUT2D eigenvalue weighted by Crippen LogP contribution is 2.16. The van der Waals surface area contributed by atoms with Crippen LogP contribution in [0.3, 0.4) is 0 Å². The minimum atomic E-state index is 0.00166. The summed E-state index contributed by atoms with van der Waals surface area (Å²) in [5.74, 6) is 1.17. The van der Waals surface area contributed by atoms with Crippen molar-refractivity contribution in [3.8, 4) is 11.4 Å². The molecule has 5 nitrogen and oxygen atoms in total. The number of nitrogens with zero attached hydrogens (tertiary/aromatic N) is 2. The highest BCUT2D eigenvalue weighted by atomic mass is 16.5. The first-order chi connectivity index (χ1) is 12.2. The zero-order chi connectivity index (χ0) is 17.5.